The summed E-state index contributed by atoms with van der Waals surface area (Å²) >= 11 is 0. The topological polar surface area (TPSA) is 0 Å². The molecule has 0 bridgehead atoms. The normalized spacial score (nSPS) is 42.7. The largest absolute Gasteiger partial charge is 0.0999 e. The standard InChI is InChI=1S/C12H22/c1-8(2)12-7-9(3)6-10(4)11(12)5/h9-12H,1,6-7H2,2-5H3/t9?,10-,11+,12-/m1/s1. The van der Waals surface area contributed by atoms with Gasteiger partial charge in [0.15, 0.2) is 0 Å². The van der Waals surface area contributed by atoms with Gasteiger partial charge in [-0.3, -0.25) is 0 Å². The maximum atomic E-state index is 4.10. The van der Waals surface area contributed by atoms with Crippen molar-refractivity contribution in [3.63, 3.8) is 0 Å². The van der Waals surface area contributed by atoms with Gasteiger partial charge >= 0.3 is 0 Å². The molecule has 0 radical (unpaired) electrons. The van der Waals surface area contributed by atoms with Crippen molar-refractivity contribution in [1.82, 2.24) is 0 Å². The number of allylic oxidation sites excluding steroid dienone is 1. The molecule has 1 rings (SSSR count). The van der Waals surface area contributed by atoms with E-state index in [-0.39, 0.29) is 0 Å². The lowest BCUT2D eigenvalue weighted by atomic mass is 9.68. The number of hydrogen-bond donors (Lipinski definition) is 0. The molecule has 1 aliphatic carbocycles. The molecule has 4 atom stereocenters. The van der Waals surface area contributed by atoms with Gasteiger partial charge in [0.25, 0.3) is 0 Å². The lowest BCUT2D eigenvalue weighted by Gasteiger charge is -2.38. The molecule has 0 heterocycles. The van der Waals surface area contributed by atoms with Gasteiger partial charge in [0, 0.05) is 0 Å². The molecular formula is C12H22. The van der Waals surface area contributed by atoms with Crippen LogP contribution in [0.2, 0.25) is 0 Å². The van der Waals surface area contributed by atoms with Crippen molar-refractivity contribution in [1.29, 1.82) is 0 Å². The third kappa shape index (κ3) is 1.91. The second-order valence-electron chi connectivity index (χ2n) is 4.87. The third-order valence-corrected chi connectivity index (χ3v) is 3.60. The lowest BCUT2D eigenvalue weighted by molar-refractivity contribution is 0.162. The zero-order valence-corrected chi connectivity index (χ0v) is 8.93. The van der Waals surface area contributed by atoms with Gasteiger partial charge in [-0.25, -0.2) is 0 Å². The SMILES string of the molecule is C=C(C)[C@H]1CC(C)C[C@@H](C)[C@@H]1C. The van der Waals surface area contributed by atoms with Crippen molar-refractivity contribution in [2.45, 2.75) is 40.5 Å². The van der Waals surface area contributed by atoms with Gasteiger partial charge in [0.05, 0.1) is 0 Å². The van der Waals surface area contributed by atoms with Crippen LogP contribution in [0.4, 0.5) is 0 Å². The monoisotopic (exact) mass is 166 g/mol. The Morgan fingerprint density at radius 2 is 1.75 bits per heavy atom. The van der Waals surface area contributed by atoms with Crippen LogP contribution in [0.25, 0.3) is 0 Å². The Morgan fingerprint density at radius 3 is 2.25 bits per heavy atom. The summed E-state index contributed by atoms with van der Waals surface area (Å²) in [6.07, 6.45) is 2.77. The molecule has 1 fully saturated rings. The van der Waals surface area contributed by atoms with Crippen LogP contribution in [-0.4, -0.2) is 0 Å². The van der Waals surface area contributed by atoms with Crippen LogP contribution in [0.5, 0.6) is 0 Å². The Hall–Kier alpha value is -0.260. The summed E-state index contributed by atoms with van der Waals surface area (Å²) in [4.78, 5) is 0. The molecule has 0 amide bonds. The van der Waals surface area contributed by atoms with Crippen LogP contribution >= 0.6 is 0 Å². The van der Waals surface area contributed by atoms with Crippen molar-refractivity contribution in [2.24, 2.45) is 23.7 Å². The van der Waals surface area contributed by atoms with E-state index in [2.05, 4.69) is 34.3 Å². The van der Waals surface area contributed by atoms with Crippen LogP contribution in [0.1, 0.15) is 40.5 Å². The highest BCUT2D eigenvalue weighted by atomic mass is 14.4. The molecule has 0 heteroatoms. The van der Waals surface area contributed by atoms with Crippen LogP contribution in [-0.2, 0) is 0 Å². The fourth-order valence-corrected chi connectivity index (χ4v) is 2.64. The molecule has 0 aliphatic heterocycles. The highest BCUT2D eigenvalue weighted by Crippen LogP contribution is 2.40. The van der Waals surface area contributed by atoms with Crippen molar-refractivity contribution >= 4 is 0 Å². The van der Waals surface area contributed by atoms with E-state index in [1.807, 2.05) is 0 Å². The minimum atomic E-state index is 0.781. The van der Waals surface area contributed by atoms with E-state index in [1.165, 1.54) is 18.4 Å². The molecule has 0 aromatic carbocycles. The van der Waals surface area contributed by atoms with E-state index < -0.39 is 0 Å². The maximum Gasteiger partial charge on any atom is -0.0178 e. The quantitative estimate of drug-likeness (QED) is 0.519. The first-order valence-electron chi connectivity index (χ1n) is 5.17. The van der Waals surface area contributed by atoms with Gasteiger partial charge in [-0.1, -0.05) is 32.9 Å². The fraction of sp³-hybridized carbons (Fsp3) is 0.833. The van der Waals surface area contributed by atoms with Crippen molar-refractivity contribution in [2.75, 3.05) is 0 Å². The summed E-state index contributed by atoms with van der Waals surface area (Å²) in [5.41, 5.74) is 1.39. The Labute approximate surface area is 77.1 Å². The highest BCUT2D eigenvalue weighted by Gasteiger charge is 2.30. The van der Waals surface area contributed by atoms with Crippen molar-refractivity contribution < 1.29 is 0 Å². The zero-order chi connectivity index (χ0) is 9.30. The minimum Gasteiger partial charge on any atom is -0.0999 e. The Bertz CT molecular complexity index is 169. The van der Waals surface area contributed by atoms with Crippen molar-refractivity contribution in [3.8, 4) is 0 Å². The fourth-order valence-electron chi connectivity index (χ4n) is 2.64. The van der Waals surface area contributed by atoms with E-state index in [4.69, 9.17) is 0 Å². The van der Waals surface area contributed by atoms with E-state index in [9.17, 15) is 0 Å². The first-order valence-corrected chi connectivity index (χ1v) is 5.17. The van der Waals surface area contributed by atoms with Gasteiger partial charge in [-0.15, -0.1) is 0 Å². The summed E-state index contributed by atoms with van der Waals surface area (Å²) in [6.45, 7) is 13.4. The average molecular weight is 166 g/mol. The summed E-state index contributed by atoms with van der Waals surface area (Å²) < 4.78 is 0. The van der Waals surface area contributed by atoms with E-state index in [1.54, 1.807) is 0 Å². The van der Waals surface area contributed by atoms with E-state index >= 15 is 0 Å². The second-order valence-corrected chi connectivity index (χ2v) is 4.87. The summed E-state index contributed by atoms with van der Waals surface area (Å²) in [7, 11) is 0. The third-order valence-electron chi connectivity index (χ3n) is 3.60. The predicted octanol–water partition coefficient (Wildman–Crippen LogP) is 3.88. The maximum absolute atomic E-state index is 4.10. The van der Waals surface area contributed by atoms with Gasteiger partial charge < -0.3 is 0 Å². The van der Waals surface area contributed by atoms with Crippen molar-refractivity contribution in [3.05, 3.63) is 12.2 Å². The second kappa shape index (κ2) is 3.64. The molecule has 0 saturated heterocycles. The smallest absolute Gasteiger partial charge is 0.0178 e. The highest BCUT2D eigenvalue weighted by molar-refractivity contribution is 5.01. The van der Waals surface area contributed by atoms with E-state index in [0.717, 1.165) is 23.7 Å². The molecular weight excluding hydrogens is 144 g/mol. The van der Waals surface area contributed by atoms with E-state index in [0.29, 0.717) is 0 Å². The number of rotatable bonds is 1. The van der Waals surface area contributed by atoms with Gasteiger partial charge in [-0.2, -0.15) is 0 Å². The molecule has 0 N–H and O–H groups in total. The Balaban J connectivity index is 2.66. The van der Waals surface area contributed by atoms with Crippen LogP contribution in [0.15, 0.2) is 12.2 Å². The van der Waals surface area contributed by atoms with Crippen LogP contribution in [0.3, 0.4) is 0 Å². The first-order chi connectivity index (χ1) is 5.52. The zero-order valence-electron chi connectivity index (χ0n) is 8.93. The van der Waals surface area contributed by atoms with Gasteiger partial charge in [0.1, 0.15) is 0 Å². The predicted molar refractivity (Wildman–Crippen MR) is 55.0 cm³/mol. The first kappa shape index (κ1) is 9.83. The average Bonchev–Trinajstić information content (AvgIpc) is 1.96. The van der Waals surface area contributed by atoms with Crippen LogP contribution in [0, 0.1) is 23.7 Å². The van der Waals surface area contributed by atoms with Gasteiger partial charge in [0.2, 0.25) is 0 Å². The molecule has 0 aromatic rings. The summed E-state index contributed by atoms with van der Waals surface area (Å²) in [6, 6.07) is 0. The number of hydrogen-bond acceptors (Lipinski definition) is 0. The molecule has 1 saturated carbocycles. The molecule has 0 spiro atoms. The lowest BCUT2D eigenvalue weighted by Crippen LogP contribution is -2.28. The molecule has 0 nitrogen and oxygen atoms in total. The Morgan fingerprint density at radius 1 is 1.17 bits per heavy atom. The van der Waals surface area contributed by atoms with Crippen LogP contribution < -0.4 is 0 Å². The summed E-state index contributed by atoms with van der Waals surface area (Å²) in [5, 5.41) is 0. The Kier molecular flexibility index (Phi) is 2.98. The molecule has 0 aromatic heterocycles. The molecule has 12 heavy (non-hydrogen) atoms. The van der Waals surface area contributed by atoms with Gasteiger partial charge in [-0.05, 0) is 43.4 Å². The molecule has 1 unspecified atom stereocenters. The summed E-state index contributed by atoms with van der Waals surface area (Å²) in [5.74, 6) is 3.41. The molecule has 1 aliphatic rings. The minimum absolute atomic E-state index is 0.781. The molecule has 70 valence electrons.